The van der Waals surface area contributed by atoms with E-state index in [1.54, 1.807) is 0 Å². The lowest BCUT2D eigenvalue weighted by Gasteiger charge is -2.31. The van der Waals surface area contributed by atoms with Gasteiger partial charge in [0.1, 0.15) is 0 Å². The van der Waals surface area contributed by atoms with Crippen LogP contribution in [-0.4, -0.2) is 4.83 Å². The van der Waals surface area contributed by atoms with Gasteiger partial charge in [0.2, 0.25) is 0 Å². The summed E-state index contributed by atoms with van der Waals surface area (Å²) in [5, 5.41) is 2.88. The fourth-order valence-corrected chi connectivity index (χ4v) is 3.77. The van der Waals surface area contributed by atoms with Gasteiger partial charge in [-0.2, -0.15) is 0 Å². The Morgan fingerprint density at radius 3 is 2.41 bits per heavy atom. The van der Waals surface area contributed by atoms with Crippen LogP contribution in [0.2, 0.25) is 0 Å². The van der Waals surface area contributed by atoms with Crippen molar-refractivity contribution in [1.82, 2.24) is 0 Å². The van der Waals surface area contributed by atoms with E-state index in [0.717, 1.165) is 16.7 Å². The van der Waals surface area contributed by atoms with Gasteiger partial charge in [0.05, 0.1) is 0 Å². The summed E-state index contributed by atoms with van der Waals surface area (Å²) in [6.45, 7) is 0. The minimum Gasteiger partial charge on any atom is -0.0891 e. The Labute approximate surface area is 112 Å². The van der Waals surface area contributed by atoms with Crippen molar-refractivity contribution in [3.05, 3.63) is 34.7 Å². The van der Waals surface area contributed by atoms with Crippen molar-refractivity contribution in [2.45, 2.75) is 36.9 Å². The second kappa shape index (κ2) is 4.97. The first-order valence-electron chi connectivity index (χ1n) is 6.74. The molecule has 0 saturated heterocycles. The van der Waals surface area contributed by atoms with E-state index in [1.165, 1.54) is 42.5 Å². The molecule has 0 spiro atoms. The Kier molecular flexibility index (Phi) is 3.37. The molecular weight excluding hydrogens is 272 g/mol. The predicted molar refractivity (Wildman–Crippen MR) is 77.4 cm³/mol. The minimum absolute atomic E-state index is 0.776. The van der Waals surface area contributed by atoms with E-state index in [0.29, 0.717) is 0 Å². The van der Waals surface area contributed by atoms with Crippen LogP contribution >= 0.6 is 15.9 Å². The third-order valence-corrected chi connectivity index (χ3v) is 5.22. The summed E-state index contributed by atoms with van der Waals surface area (Å²) in [6, 6.07) is 8.78. The number of benzene rings is 1. The van der Waals surface area contributed by atoms with Gasteiger partial charge < -0.3 is 0 Å². The molecule has 2 aliphatic carbocycles. The van der Waals surface area contributed by atoms with E-state index in [4.69, 9.17) is 0 Å². The van der Waals surface area contributed by atoms with Gasteiger partial charge in [-0.25, -0.2) is 0 Å². The zero-order valence-corrected chi connectivity index (χ0v) is 11.7. The molecule has 0 N–H and O–H groups in total. The van der Waals surface area contributed by atoms with Gasteiger partial charge in [-0.3, -0.25) is 0 Å². The van der Waals surface area contributed by atoms with E-state index < -0.39 is 0 Å². The first-order valence-corrected chi connectivity index (χ1v) is 7.65. The molecule has 0 radical (unpaired) electrons. The maximum absolute atomic E-state index is 3.75. The molecule has 0 bridgehead atoms. The largest absolute Gasteiger partial charge is 0.0891 e. The Morgan fingerprint density at radius 1 is 0.941 bits per heavy atom. The van der Waals surface area contributed by atoms with Gasteiger partial charge in [-0.15, -0.1) is 0 Å². The quantitative estimate of drug-likeness (QED) is 0.697. The van der Waals surface area contributed by atoms with Crippen LogP contribution in [0.4, 0.5) is 0 Å². The molecule has 90 valence electrons. The van der Waals surface area contributed by atoms with Crippen LogP contribution in [0.5, 0.6) is 0 Å². The third kappa shape index (κ3) is 2.49. The molecule has 17 heavy (non-hydrogen) atoms. The fourth-order valence-electron chi connectivity index (χ4n) is 3.25. The highest BCUT2D eigenvalue weighted by Gasteiger charge is 2.25. The van der Waals surface area contributed by atoms with Crippen LogP contribution in [0.1, 0.15) is 32.1 Å². The predicted octanol–water partition coefficient (Wildman–Crippen LogP) is 3.22. The Hall–Kier alpha value is -0.560. The van der Waals surface area contributed by atoms with Gasteiger partial charge in [-0.05, 0) is 54.4 Å². The molecule has 1 aromatic rings. The standard InChI is InChI=1S/C16H19Br/c17-16-9-7-13(8-10-16)15-6-5-12-3-1-2-4-14(12)11-15/h1-5,11,13,15-16H,6-10H2. The normalized spacial score (nSPS) is 32.2. The molecule has 1 fully saturated rings. The van der Waals surface area contributed by atoms with Crippen LogP contribution in [0.15, 0.2) is 24.3 Å². The Bertz CT molecular complexity index is 495. The molecule has 0 aromatic heterocycles. The van der Waals surface area contributed by atoms with Crippen molar-refractivity contribution >= 4 is 28.1 Å². The van der Waals surface area contributed by atoms with Gasteiger partial charge in [0.25, 0.3) is 0 Å². The second-order valence-corrected chi connectivity index (χ2v) is 6.71. The molecule has 3 rings (SSSR count). The van der Waals surface area contributed by atoms with Crippen LogP contribution in [0.3, 0.4) is 0 Å². The first kappa shape index (κ1) is 11.5. The van der Waals surface area contributed by atoms with Crippen LogP contribution in [-0.2, 0) is 0 Å². The average Bonchev–Trinajstić information content (AvgIpc) is 2.39. The fraction of sp³-hybridized carbons (Fsp3) is 0.500. The first-order chi connectivity index (χ1) is 8.33. The molecule has 1 aromatic carbocycles. The topological polar surface area (TPSA) is 0 Å². The summed E-state index contributed by atoms with van der Waals surface area (Å²) in [4.78, 5) is 0.776. The summed E-state index contributed by atoms with van der Waals surface area (Å²) < 4.78 is 0. The lowest BCUT2D eigenvalue weighted by atomic mass is 9.77. The smallest absolute Gasteiger partial charge is 0.0146 e. The Balaban J connectivity index is 1.81. The highest BCUT2D eigenvalue weighted by Crippen LogP contribution is 2.35. The number of fused-ring (bicyclic) bond motifs is 1. The van der Waals surface area contributed by atoms with E-state index in [9.17, 15) is 0 Å². The second-order valence-electron chi connectivity index (χ2n) is 5.41. The molecular formula is C16H19Br. The average molecular weight is 291 g/mol. The summed E-state index contributed by atoms with van der Waals surface area (Å²) in [5.41, 5.74) is 0. The van der Waals surface area contributed by atoms with Crippen molar-refractivity contribution in [2.24, 2.45) is 11.8 Å². The van der Waals surface area contributed by atoms with E-state index >= 15 is 0 Å². The van der Waals surface area contributed by atoms with Gasteiger partial charge in [-0.1, -0.05) is 52.3 Å². The number of alkyl halides is 1. The maximum Gasteiger partial charge on any atom is 0.0146 e. The number of hydrogen-bond acceptors (Lipinski definition) is 0. The summed E-state index contributed by atoms with van der Waals surface area (Å²) in [7, 11) is 0. The number of halogens is 1. The summed E-state index contributed by atoms with van der Waals surface area (Å²) in [6.07, 6.45) is 11.7. The molecule has 1 saturated carbocycles. The van der Waals surface area contributed by atoms with E-state index in [1.807, 2.05) is 0 Å². The molecule has 0 heterocycles. The zero-order valence-electron chi connectivity index (χ0n) is 10.1. The number of rotatable bonds is 1. The van der Waals surface area contributed by atoms with E-state index in [-0.39, 0.29) is 0 Å². The van der Waals surface area contributed by atoms with Crippen molar-refractivity contribution in [3.63, 3.8) is 0 Å². The highest BCUT2D eigenvalue weighted by atomic mass is 79.9. The van der Waals surface area contributed by atoms with Crippen LogP contribution < -0.4 is 10.4 Å². The van der Waals surface area contributed by atoms with Crippen molar-refractivity contribution in [1.29, 1.82) is 0 Å². The molecule has 1 heteroatoms. The van der Waals surface area contributed by atoms with Gasteiger partial charge in [0, 0.05) is 4.83 Å². The zero-order chi connectivity index (χ0) is 11.7. The highest BCUT2D eigenvalue weighted by molar-refractivity contribution is 9.09. The molecule has 0 aliphatic heterocycles. The lowest BCUT2D eigenvalue weighted by molar-refractivity contribution is 0.306. The maximum atomic E-state index is 3.75. The van der Waals surface area contributed by atoms with Gasteiger partial charge >= 0.3 is 0 Å². The van der Waals surface area contributed by atoms with Crippen LogP contribution in [0.25, 0.3) is 12.2 Å². The molecule has 2 aliphatic rings. The minimum atomic E-state index is 0.776. The van der Waals surface area contributed by atoms with Gasteiger partial charge in [0.15, 0.2) is 0 Å². The molecule has 1 unspecified atom stereocenters. The molecule has 1 atom stereocenters. The lowest BCUT2D eigenvalue weighted by Crippen LogP contribution is -2.31. The summed E-state index contributed by atoms with van der Waals surface area (Å²) >= 11 is 3.75. The molecule has 0 nitrogen and oxygen atoms in total. The van der Waals surface area contributed by atoms with Crippen LogP contribution in [0, 0.1) is 11.8 Å². The monoisotopic (exact) mass is 290 g/mol. The van der Waals surface area contributed by atoms with Crippen molar-refractivity contribution < 1.29 is 0 Å². The van der Waals surface area contributed by atoms with E-state index in [2.05, 4.69) is 52.3 Å². The SMILES string of the molecule is BrC1CCC(C2C=c3ccccc3=CC2)CC1. The van der Waals surface area contributed by atoms with Crippen molar-refractivity contribution in [2.75, 3.05) is 0 Å². The van der Waals surface area contributed by atoms with Crippen molar-refractivity contribution in [3.8, 4) is 0 Å². The molecule has 0 amide bonds. The third-order valence-electron chi connectivity index (χ3n) is 4.31. The number of hydrogen-bond donors (Lipinski definition) is 0. The summed E-state index contributed by atoms with van der Waals surface area (Å²) in [5.74, 6) is 1.69. The Morgan fingerprint density at radius 2 is 1.65 bits per heavy atom.